The highest BCUT2D eigenvalue weighted by Gasteiger charge is 2.23. The number of nitrogens with zero attached hydrogens (tertiary/aromatic N) is 3. The van der Waals surface area contributed by atoms with Crippen LogP contribution >= 0.6 is 11.3 Å². The fraction of sp³-hybridized carbons (Fsp3) is 0.562. The van der Waals surface area contributed by atoms with Crippen molar-refractivity contribution in [1.29, 1.82) is 0 Å². The van der Waals surface area contributed by atoms with Crippen LogP contribution in [0.25, 0.3) is 0 Å². The summed E-state index contributed by atoms with van der Waals surface area (Å²) in [6.07, 6.45) is 3.39. The van der Waals surface area contributed by atoms with Crippen LogP contribution in [0.4, 0.5) is 0 Å². The molecule has 0 radical (unpaired) electrons. The molecular weight excluding hydrogens is 328 g/mol. The first-order valence-corrected chi connectivity index (χ1v) is 9.00. The molecule has 0 spiro atoms. The van der Waals surface area contributed by atoms with Crippen molar-refractivity contribution >= 4 is 17.2 Å². The summed E-state index contributed by atoms with van der Waals surface area (Å²) in [4.78, 5) is 14.5. The van der Waals surface area contributed by atoms with Crippen LogP contribution in [0.15, 0.2) is 16.7 Å². The number of hydrogen-bond donors (Lipinski definition) is 1. The maximum Gasteiger partial charge on any atom is 0.294 e. The van der Waals surface area contributed by atoms with Crippen LogP contribution in [0.1, 0.15) is 40.9 Å². The number of rotatable bonds is 6. The first-order chi connectivity index (χ1) is 11.7. The molecule has 1 aliphatic heterocycles. The number of furan rings is 1. The standard InChI is InChI=1S/C16H22N4O3S/c1-3-22-16-19-18-13(24-16)10-20-7-4-12(5-8-20)17-15(21)14-11(2)6-9-23-14/h6,9,12H,3-5,7-8,10H2,1-2H3,(H,17,21). The maximum atomic E-state index is 12.2. The van der Waals surface area contributed by atoms with E-state index < -0.39 is 0 Å². The van der Waals surface area contributed by atoms with Gasteiger partial charge in [0.25, 0.3) is 11.1 Å². The molecule has 24 heavy (non-hydrogen) atoms. The van der Waals surface area contributed by atoms with Crippen molar-refractivity contribution in [2.75, 3.05) is 19.7 Å². The van der Waals surface area contributed by atoms with Gasteiger partial charge >= 0.3 is 0 Å². The Labute approximate surface area is 145 Å². The highest BCUT2D eigenvalue weighted by atomic mass is 32.1. The molecule has 3 rings (SSSR count). The molecule has 1 fully saturated rings. The minimum Gasteiger partial charge on any atom is -0.469 e. The van der Waals surface area contributed by atoms with Crippen LogP contribution in [-0.2, 0) is 6.54 Å². The Hall–Kier alpha value is -1.93. The zero-order valence-corrected chi connectivity index (χ0v) is 14.8. The van der Waals surface area contributed by atoms with E-state index in [2.05, 4.69) is 20.4 Å². The van der Waals surface area contributed by atoms with Crippen molar-refractivity contribution in [2.24, 2.45) is 0 Å². The second kappa shape index (κ2) is 7.76. The van der Waals surface area contributed by atoms with E-state index in [9.17, 15) is 4.79 Å². The van der Waals surface area contributed by atoms with Crippen LogP contribution in [0.5, 0.6) is 5.19 Å². The highest BCUT2D eigenvalue weighted by Crippen LogP contribution is 2.21. The van der Waals surface area contributed by atoms with Crippen LogP contribution in [0.2, 0.25) is 0 Å². The minimum atomic E-state index is -0.124. The second-order valence-corrected chi connectivity index (χ2v) is 6.88. The molecule has 2 aromatic rings. The fourth-order valence-electron chi connectivity index (χ4n) is 2.77. The SMILES string of the molecule is CCOc1nnc(CN2CCC(NC(=O)c3occc3C)CC2)s1. The Kier molecular flexibility index (Phi) is 5.47. The number of ether oxygens (including phenoxy) is 1. The van der Waals surface area contributed by atoms with Gasteiger partial charge in [0, 0.05) is 24.7 Å². The topological polar surface area (TPSA) is 80.5 Å². The predicted octanol–water partition coefficient (Wildman–Crippen LogP) is 2.23. The number of aromatic nitrogens is 2. The van der Waals surface area contributed by atoms with Crippen LogP contribution in [0.3, 0.4) is 0 Å². The summed E-state index contributed by atoms with van der Waals surface area (Å²) in [5.41, 5.74) is 0.867. The second-order valence-electron chi connectivity index (χ2n) is 5.85. The summed E-state index contributed by atoms with van der Waals surface area (Å²) in [5, 5.41) is 12.8. The van der Waals surface area contributed by atoms with E-state index in [4.69, 9.17) is 9.15 Å². The van der Waals surface area contributed by atoms with Crippen LogP contribution in [0, 0.1) is 6.92 Å². The first kappa shape index (κ1) is 16.9. The number of hydrogen-bond acceptors (Lipinski definition) is 7. The number of amides is 1. The van der Waals surface area contributed by atoms with E-state index in [1.165, 1.54) is 11.3 Å². The number of piperidine rings is 1. The largest absolute Gasteiger partial charge is 0.469 e. The van der Waals surface area contributed by atoms with Gasteiger partial charge in [0.2, 0.25) is 0 Å². The summed E-state index contributed by atoms with van der Waals surface area (Å²) in [7, 11) is 0. The molecule has 0 atom stereocenters. The van der Waals surface area contributed by atoms with Crippen molar-refractivity contribution in [3.63, 3.8) is 0 Å². The van der Waals surface area contributed by atoms with Crippen molar-refractivity contribution in [3.8, 4) is 5.19 Å². The first-order valence-electron chi connectivity index (χ1n) is 8.18. The molecule has 0 aromatic carbocycles. The molecule has 8 heteroatoms. The van der Waals surface area contributed by atoms with Crippen LogP contribution < -0.4 is 10.1 Å². The summed E-state index contributed by atoms with van der Waals surface area (Å²) in [6, 6.07) is 1.99. The normalized spacial score (nSPS) is 16.2. The van der Waals surface area contributed by atoms with Crippen molar-refractivity contribution in [1.82, 2.24) is 20.4 Å². The predicted molar refractivity (Wildman–Crippen MR) is 90.3 cm³/mol. The van der Waals surface area contributed by atoms with E-state index in [-0.39, 0.29) is 11.9 Å². The van der Waals surface area contributed by atoms with Crippen molar-refractivity contribution in [2.45, 2.75) is 39.3 Å². The molecule has 130 valence electrons. The number of likely N-dealkylation sites (tertiary alicyclic amines) is 1. The van der Waals surface area contributed by atoms with Crippen LogP contribution in [-0.4, -0.2) is 46.7 Å². The molecule has 2 aromatic heterocycles. The Bertz CT molecular complexity index is 676. The molecule has 0 bridgehead atoms. The van der Waals surface area contributed by atoms with Gasteiger partial charge in [0.1, 0.15) is 5.01 Å². The van der Waals surface area contributed by atoms with Crippen molar-refractivity contribution in [3.05, 3.63) is 28.7 Å². The number of carbonyl (C=O) groups is 1. The van der Waals surface area contributed by atoms with Gasteiger partial charge in [-0.25, -0.2) is 0 Å². The molecule has 3 heterocycles. The van der Waals surface area contributed by atoms with E-state index >= 15 is 0 Å². The molecule has 0 saturated carbocycles. The lowest BCUT2D eigenvalue weighted by Gasteiger charge is -2.31. The molecular formula is C16H22N4O3S. The number of carbonyl (C=O) groups excluding carboxylic acids is 1. The smallest absolute Gasteiger partial charge is 0.294 e. The number of nitrogens with one attached hydrogen (secondary N) is 1. The maximum absolute atomic E-state index is 12.2. The highest BCUT2D eigenvalue weighted by molar-refractivity contribution is 7.13. The number of aryl methyl sites for hydroxylation is 1. The zero-order chi connectivity index (χ0) is 16.9. The van der Waals surface area contributed by atoms with E-state index in [0.717, 1.165) is 43.0 Å². The molecule has 1 N–H and O–H groups in total. The Morgan fingerprint density at radius 3 is 2.92 bits per heavy atom. The lowest BCUT2D eigenvalue weighted by atomic mass is 10.0. The van der Waals surface area contributed by atoms with Gasteiger partial charge in [-0.15, -0.1) is 10.2 Å². The Balaban J connectivity index is 1.45. The fourth-order valence-corrected chi connectivity index (χ4v) is 3.56. The van der Waals surface area contributed by atoms with Crippen molar-refractivity contribution < 1.29 is 13.9 Å². The summed E-state index contributed by atoms with van der Waals surface area (Å²) in [6.45, 7) is 7.04. The average molecular weight is 350 g/mol. The summed E-state index contributed by atoms with van der Waals surface area (Å²) in [5.74, 6) is 0.288. The molecule has 0 unspecified atom stereocenters. The lowest BCUT2D eigenvalue weighted by Crippen LogP contribution is -2.44. The average Bonchev–Trinajstić information content (AvgIpc) is 3.19. The quantitative estimate of drug-likeness (QED) is 0.860. The Morgan fingerprint density at radius 1 is 1.46 bits per heavy atom. The van der Waals surface area contributed by atoms with E-state index in [0.29, 0.717) is 17.6 Å². The van der Waals surface area contributed by atoms with Gasteiger partial charge in [-0.2, -0.15) is 0 Å². The summed E-state index contributed by atoms with van der Waals surface area (Å²) < 4.78 is 10.6. The zero-order valence-electron chi connectivity index (χ0n) is 13.9. The molecule has 1 amide bonds. The third-order valence-corrected chi connectivity index (χ3v) is 4.89. The van der Waals surface area contributed by atoms with Gasteiger partial charge in [0.15, 0.2) is 5.76 Å². The third-order valence-electron chi connectivity index (χ3n) is 4.07. The van der Waals surface area contributed by atoms with Gasteiger partial charge in [-0.1, -0.05) is 11.3 Å². The van der Waals surface area contributed by atoms with E-state index in [1.54, 1.807) is 12.3 Å². The van der Waals surface area contributed by atoms with Gasteiger partial charge < -0.3 is 14.5 Å². The van der Waals surface area contributed by atoms with Gasteiger partial charge in [-0.3, -0.25) is 9.69 Å². The lowest BCUT2D eigenvalue weighted by molar-refractivity contribution is 0.0880. The molecule has 1 saturated heterocycles. The monoisotopic (exact) mass is 350 g/mol. The molecule has 0 aliphatic carbocycles. The summed E-state index contributed by atoms with van der Waals surface area (Å²) >= 11 is 1.49. The third kappa shape index (κ3) is 4.12. The molecule has 1 aliphatic rings. The van der Waals surface area contributed by atoms with Gasteiger partial charge in [-0.05, 0) is 32.8 Å². The Morgan fingerprint density at radius 2 is 2.25 bits per heavy atom. The molecule has 7 nitrogen and oxygen atoms in total. The van der Waals surface area contributed by atoms with E-state index in [1.807, 2.05) is 13.8 Å². The minimum absolute atomic E-state index is 0.124. The van der Waals surface area contributed by atoms with Gasteiger partial charge in [0.05, 0.1) is 19.4 Å².